The van der Waals surface area contributed by atoms with E-state index in [4.69, 9.17) is 14.2 Å². The molecule has 1 atom stereocenters. The van der Waals surface area contributed by atoms with Gasteiger partial charge in [-0.25, -0.2) is 9.97 Å². The normalized spacial score (nSPS) is 12.5. The van der Waals surface area contributed by atoms with Crippen LogP contribution in [-0.4, -0.2) is 46.3 Å². The summed E-state index contributed by atoms with van der Waals surface area (Å²) in [5.74, 6) is 1.26. The minimum atomic E-state index is -0.948. The predicted molar refractivity (Wildman–Crippen MR) is 161 cm³/mol. The molecule has 216 valence electrons. The SMILES string of the molecule is COc1ccc(C(C(=O)Nc2ccc3c(c2)OCO3)N(Cc2ccc(C)cc2)C(=O)CSc2nc(C)cc(C)n2)cc1. The van der Waals surface area contributed by atoms with Gasteiger partial charge in [-0.15, -0.1) is 0 Å². The molecule has 0 fully saturated rings. The van der Waals surface area contributed by atoms with Crippen LogP contribution in [0.15, 0.2) is 78.0 Å². The highest BCUT2D eigenvalue weighted by Crippen LogP contribution is 2.35. The first kappa shape index (κ1) is 28.9. The Labute approximate surface area is 249 Å². The molecule has 42 heavy (non-hydrogen) atoms. The molecule has 0 saturated carbocycles. The standard InChI is InChI=1S/C32H32N4O5S/c1-20-5-7-23(8-6-20)17-36(29(37)18-42-32-33-21(2)15-22(3)34-32)30(24-9-12-26(39-4)13-10-24)31(38)35-25-11-14-27-28(16-25)41-19-40-27/h5-16,30H,17-19H2,1-4H3,(H,35,38). The van der Waals surface area contributed by atoms with Crippen molar-refractivity contribution in [3.8, 4) is 17.2 Å². The van der Waals surface area contributed by atoms with Crippen molar-refractivity contribution in [2.24, 2.45) is 0 Å². The number of nitrogens with one attached hydrogen (secondary N) is 1. The fraction of sp³-hybridized carbons (Fsp3) is 0.250. The van der Waals surface area contributed by atoms with Crippen LogP contribution in [-0.2, 0) is 16.1 Å². The van der Waals surface area contributed by atoms with Gasteiger partial charge in [0.2, 0.25) is 12.7 Å². The Morgan fingerprint density at radius 2 is 1.62 bits per heavy atom. The maximum Gasteiger partial charge on any atom is 0.251 e. The Kier molecular flexibility index (Phi) is 8.92. The van der Waals surface area contributed by atoms with E-state index in [1.165, 1.54) is 11.8 Å². The third-order valence-electron chi connectivity index (χ3n) is 6.71. The number of benzene rings is 3. The topological polar surface area (TPSA) is 103 Å². The molecule has 3 aromatic carbocycles. The van der Waals surface area contributed by atoms with E-state index in [1.54, 1.807) is 54.5 Å². The average Bonchev–Trinajstić information content (AvgIpc) is 3.44. The monoisotopic (exact) mass is 584 g/mol. The predicted octanol–water partition coefficient (Wildman–Crippen LogP) is 5.64. The largest absolute Gasteiger partial charge is 0.497 e. The second-order valence-electron chi connectivity index (χ2n) is 9.96. The van der Waals surface area contributed by atoms with Gasteiger partial charge in [0.25, 0.3) is 5.91 Å². The van der Waals surface area contributed by atoms with Gasteiger partial charge in [-0.2, -0.15) is 0 Å². The molecule has 0 radical (unpaired) electrons. The Balaban J connectivity index is 1.49. The molecule has 2 amide bonds. The van der Waals surface area contributed by atoms with Crippen LogP contribution in [0.1, 0.15) is 34.1 Å². The van der Waals surface area contributed by atoms with Crippen LogP contribution in [0.5, 0.6) is 17.2 Å². The fourth-order valence-electron chi connectivity index (χ4n) is 4.62. The maximum absolute atomic E-state index is 14.1. The van der Waals surface area contributed by atoms with Crippen molar-refractivity contribution < 1.29 is 23.8 Å². The molecule has 4 aromatic rings. The smallest absolute Gasteiger partial charge is 0.251 e. The molecule has 0 aliphatic carbocycles. The number of aryl methyl sites for hydroxylation is 3. The third-order valence-corrected chi connectivity index (χ3v) is 7.54. The van der Waals surface area contributed by atoms with Crippen molar-refractivity contribution in [3.05, 3.63) is 101 Å². The summed E-state index contributed by atoms with van der Waals surface area (Å²) in [7, 11) is 1.58. The number of rotatable bonds is 10. The summed E-state index contributed by atoms with van der Waals surface area (Å²) in [6.45, 7) is 6.14. The summed E-state index contributed by atoms with van der Waals surface area (Å²) < 4.78 is 16.2. The van der Waals surface area contributed by atoms with Gasteiger partial charge in [-0.3, -0.25) is 9.59 Å². The quantitative estimate of drug-likeness (QED) is 0.189. The number of amides is 2. The number of carbonyl (C=O) groups is 2. The summed E-state index contributed by atoms with van der Waals surface area (Å²) in [5, 5.41) is 3.50. The number of aromatic nitrogens is 2. The van der Waals surface area contributed by atoms with Crippen molar-refractivity contribution >= 4 is 29.3 Å². The van der Waals surface area contributed by atoms with Gasteiger partial charge in [0, 0.05) is 29.7 Å². The number of fused-ring (bicyclic) bond motifs is 1. The molecule has 9 nitrogen and oxygen atoms in total. The second-order valence-corrected chi connectivity index (χ2v) is 10.9. The lowest BCUT2D eigenvalue weighted by Gasteiger charge is -2.31. The zero-order chi connectivity index (χ0) is 29.6. The number of thioether (sulfide) groups is 1. The van der Waals surface area contributed by atoms with Crippen LogP contribution in [0, 0.1) is 20.8 Å². The summed E-state index contributed by atoms with van der Waals surface area (Å²) in [6.07, 6.45) is 0. The van der Waals surface area contributed by atoms with Crippen LogP contribution < -0.4 is 19.5 Å². The van der Waals surface area contributed by atoms with E-state index in [9.17, 15) is 9.59 Å². The molecular formula is C32H32N4O5S. The number of carbonyl (C=O) groups excluding carboxylic acids is 2. The van der Waals surface area contributed by atoms with Crippen molar-refractivity contribution in [1.82, 2.24) is 14.9 Å². The van der Waals surface area contributed by atoms with Crippen molar-refractivity contribution in [2.75, 3.05) is 25.0 Å². The number of methoxy groups -OCH3 is 1. The first-order valence-electron chi connectivity index (χ1n) is 13.4. The van der Waals surface area contributed by atoms with Crippen LogP contribution >= 0.6 is 11.8 Å². The van der Waals surface area contributed by atoms with Gasteiger partial charge in [0.1, 0.15) is 11.8 Å². The third kappa shape index (κ3) is 7.01. The molecule has 0 spiro atoms. The van der Waals surface area contributed by atoms with Crippen LogP contribution in [0.2, 0.25) is 0 Å². The molecule has 1 aliphatic rings. The maximum atomic E-state index is 14.1. The van der Waals surface area contributed by atoms with E-state index in [0.717, 1.165) is 22.5 Å². The fourth-order valence-corrected chi connectivity index (χ4v) is 5.46. The number of hydrogen-bond donors (Lipinski definition) is 1. The average molecular weight is 585 g/mol. The summed E-state index contributed by atoms with van der Waals surface area (Å²) in [4.78, 5) is 38.6. The highest BCUT2D eigenvalue weighted by Gasteiger charge is 2.32. The minimum Gasteiger partial charge on any atom is -0.497 e. The lowest BCUT2D eigenvalue weighted by atomic mass is 10.0. The first-order chi connectivity index (χ1) is 20.3. The molecule has 1 N–H and O–H groups in total. The lowest BCUT2D eigenvalue weighted by molar-refractivity contribution is -0.137. The molecule has 1 unspecified atom stereocenters. The van der Waals surface area contributed by atoms with E-state index < -0.39 is 6.04 Å². The first-order valence-corrected chi connectivity index (χ1v) is 14.4. The molecular weight excluding hydrogens is 552 g/mol. The Hall–Kier alpha value is -4.57. The highest BCUT2D eigenvalue weighted by molar-refractivity contribution is 7.99. The number of nitrogens with zero attached hydrogens (tertiary/aromatic N) is 3. The number of anilines is 1. The summed E-state index contributed by atoms with van der Waals surface area (Å²) in [5.41, 5.74) is 4.83. The van der Waals surface area contributed by atoms with Crippen molar-refractivity contribution in [2.45, 2.75) is 38.5 Å². The van der Waals surface area contributed by atoms with E-state index in [2.05, 4.69) is 15.3 Å². The lowest BCUT2D eigenvalue weighted by Crippen LogP contribution is -2.41. The summed E-state index contributed by atoms with van der Waals surface area (Å²) in [6, 6.07) is 21.2. The van der Waals surface area contributed by atoms with Gasteiger partial charge in [-0.05, 0) is 62.2 Å². The van der Waals surface area contributed by atoms with Gasteiger partial charge < -0.3 is 24.4 Å². The van der Waals surface area contributed by atoms with Gasteiger partial charge in [0.15, 0.2) is 16.7 Å². The Bertz CT molecular complexity index is 1560. The van der Waals surface area contributed by atoms with E-state index in [0.29, 0.717) is 33.7 Å². The second kappa shape index (κ2) is 12.9. The van der Waals surface area contributed by atoms with Gasteiger partial charge in [0.05, 0.1) is 12.9 Å². The Morgan fingerprint density at radius 1 is 0.929 bits per heavy atom. The van der Waals surface area contributed by atoms with Crippen LogP contribution in [0.4, 0.5) is 5.69 Å². The Morgan fingerprint density at radius 3 is 2.31 bits per heavy atom. The van der Waals surface area contributed by atoms with Crippen molar-refractivity contribution in [3.63, 3.8) is 0 Å². The van der Waals surface area contributed by atoms with Gasteiger partial charge in [-0.1, -0.05) is 53.7 Å². The van der Waals surface area contributed by atoms with Crippen LogP contribution in [0.25, 0.3) is 0 Å². The van der Waals surface area contributed by atoms with Crippen molar-refractivity contribution in [1.29, 1.82) is 0 Å². The van der Waals surface area contributed by atoms with Crippen LogP contribution in [0.3, 0.4) is 0 Å². The molecule has 10 heteroatoms. The minimum absolute atomic E-state index is 0.0543. The number of ether oxygens (including phenoxy) is 3. The molecule has 0 bridgehead atoms. The summed E-state index contributed by atoms with van der Waals surface area (Å²) >= 11 is 1.25. The van der Waals surface area contributed by atoms with E-state index in [-0.39, 0.29) is 30.9 Å². The zero-order valence-corrected chi connectivity index (χ0v) is 24.7. The molecule has 1 aliphatic heterocycles. The molecule has 0 saturated heterocycles. The molecule has 2 heterocycles. The molecule has 5 rings (SSSR count). The van der Waals surface area contributed by atoms with E-state index in [1.807, 2.05) is 51.1 Å². The highest BCUT2D eigenvalue weighted by atomic mass is 32.2. The van der Waals surface area contributed by atoms with E-state index >= 15 is 0 Å². The zero-order valence-electron chi connectivity index (χ0n) is 23.9. The molecule has 1 aromatic heterocycles. The number of hydrogen-bond acceptors (Lipinski definition) is 8. The van der Waals surface area contributed by atoms with Gasteiger partial charge >= 0.3 is 0 Å².